The fourth-order valence-corrected chi connectivity index (χ4v) is 4.46. The zero-order valence-electron chi connectivity index (χ0n) is 16.6. The second kappa shape index (κ2) is 8.65. The van der Waals surface area contributed by atoms with E-state index in [0.717, 1.165) is 0 Å². The topological polar surface area (TPSA) is 99.9 Å². The Morgan fingerprint density at radius 2 is 1.45 bits per heavy atom. The quantitative estimate of drug-likeness (QED) is 0.659. The van der Waals surface area contributed by atoms with Crippen LogP contribution in [0.1, 0.15) is 20.7 Å². The summed E-state index contributed by atoms with van der Waals surface area (Å²) in [5.74, 6) is -0.339. The summed E-state index contributed by atoms with van der Waals surface area (Å²) in [6.45, 7) is 1.61. The molecule has 0 saturated carbocycles. The summed E-state index contributed by atoms with van der Waals surface area (Å²) in [4.78, 5) is 28.8. The van der Waals surface area contributed by atoms with Gasteiger partial charge in [0.2, 0.25) is 0 Å². The Bertz CT molecular complexity index is 1170. The maximum Gasteiger partial charge on any atom is 0.261 e. The minimum absolute atomic E-state index is 0.127. The van der Waals surface area contributed by atoms with Crippen molar-refractivity contribution in [3.05, 3.63) is 84.3 Å². The van der Waals surface area contributed by atoms with Crippen molar-refractivity contribution in [3.8, 4) is 0 Å². The number of amides is 2. The van der Waals surface area contributed by atoms with Crippen LogP contribution >= 0.6 is 0 Å². The number of furan rings is 1. The van der Waals surface area contributed by atoms with Crippen LogP contribution in [0.4, 0.5) is 5.69 Å². The highest BCUT2D eigenvalue weighted by Crippen LogP contribution is 2.19. The molecular formula is C22H21N3O5S. The van der Waals surface area contributed by atoms with Gasteiger partial charge in [0.1, 0.15) is 6.26 Å². The van der Waals surface area contributed by atoms with E-state index in [1.165, 1.54) is 30.7 Å². The molecule has 1 saturated heterocycles. The molecule has 0 radical (unpaired) electrons. The Hall–Kier alpha value is -3.59. The van der Waals surface area contributed by atoms with Crippen molar-refractivity contribution in [2.75, 3.05) is 30.9 Å². The first kappa shape index (κ1) is 20.7. The minimum atomic E-state index is -3.75. The van der Waals surface area contributed by atoms with Gasteiger partial charge < -0.3 is 14.2 Å². The fourth-order valence-electron chi connectivity index (χ4n) is 3.39. The number of hydrogen-bond acceptors (Lipinski definition) is 5. The van der Waals surface area contributed by atoms with Gasteiger partial charge in [0, 0.05) is 37.4 Å². The number of rotatable bonds is 5. The van der Waals surface area contributed by atoms with Crippen molar-refractivity contribution in [2.45, 2.75) is 4.90 Å². The Morgan fingerprint density at radius 1 is 0.806 bits per heavy atom. The van der Waals surface area contributed by atoms with Crippen LogP contribution in [-0.4, -0.2) is 56.2 Å². The molecule has 0 aliphatic carbocycles. The Morgan fingerprint density at radius 3 is 2.06 bits per heavy atom. The summed E-state index contributed by atoms with van der Waals surface area (Å²) < 4.78 is 32.5. The molecule has 0 atom stereocenters. The predicted octanol–water partition coefficient (Wildman–Crippen LogP) is 2.68. The van der Waals surface area contributed by atoms with E-state index in [0.29, 0.717) is 43.0 Å². The normalized spacial score (nSPS) is 14.3. The number of sulfonamides is 1. The highest BCUT2D eigenvalue weighted by molar-refractivity contribution is 7.92. The highest BCUT2D eigenvalue weighted by atomic mass is 32.2. The zero-order valence-corrected chi connectivity index (χ0v) is 17.4. The second-order valence-corrected chi connectivity index (χ2v) is 8.78. The van der Waals surface area contributed by atoms with Crippen molar-refractivity contribution >= 4 is 27.5 Å². The third-order valence-electron chi connectivity index (χ3n) is 5.04. The van der Waals surface area contributed by atoms with Gasteiger partial charge in [-0.25, -0.2) is 8.42 Å². The SMILES string of the molecule is O=C(c1ccoc1)N1CCN(C(=O)c2cccc(NS(=O)(=O)c3ccccc3)c2)CC1. The molecule has 2 aromatic carbocycles. The van der Waals surface area contributed by atoms with Gasteiger partial charge in [0.25, 0.3) is 21.8 Å². The van der Waals surface area contributed by atoms with Crippen LogP contribution in [0.25, 0.3) is 0 Å². The fraction of sp³-hybridized carbons (Fsp3) is 0.182. The molecule has 3 aromatic rings. The van der Waals surface area contributed by atoms with Crippen LogP contribution in [0, 0.1) is 0 Å². The molecule has 0 spiro atoms. The number of carbonyl (C=O) groups is 2. The number of carbonyl (C=O) groups excluding carboxylic acids is 2. The third-order valence-corrected chi connectivity index (χ3v) is 6.43. The number of hydrogen-bond donors (Lipinski definition) is 1. The van der Waals surface area contributed by atoms with Gasteiger partial charge in [-0.15, -0.1) is 0 Å². The number of nitrogens with one attached hydrogen (secondary N) is 1. The van der Waals surface area contributed by atoms with Crippen LogP contribution < -0.4 is 4.72 Å². The Labute approximate surface area is 180 Å². The zero-order chi connectivity index (χ0) is 21.8. The van der Waals surface area contributed by atoms with E-state index in [-0.39, 0.29) is 16.7 Å². The van der Waals surface area contributed by atoms with Crippen molar-refractivity contribution in [3.63, 3.8) is 0 Å². The van der Waals surface area contributed by atoms with E-state index < -0.39 is 10.0 Å². The summed E-state index contributed by atoms with van der Waals surface area (Å²) in [5, 5.41) is 0. The van der Waals surface area contributed by atoms with E-state index in [4.69, 9.17) is 4.42 Å². The van der Waals surface area contributed by atoms with Crippen molar-refractivity contribution < 1.29 is 22.4 Å². The standard InChI is InChI=1S/C22H21N3O5S/c26-21(24-10-12-25(13-11-24)22(27)18-9-14-30-16-18)17-5-4-6-19(15-17)23-31(28,29)20-7-2-1-3-8-20/h1-9,14-16,23H,10-13H2. The lowest BCUT2D eigenvalue weighted by atomic mass is 10.1. The van der Waals surface area contributed by atoms with Gasteiger partial charge in [-0.3, -0.25) is 14.3 Å². The van der Waals surface area contributed by atoms with Gasteiger partial charge in [-0.2, -0.15) is 0 Å². The molecule has 1 aromatic heterocycles. The largest absolute Gasteiger partial charge is 0.472 e. The number of piperazine rings is 1. The van der Waals surface area contributed by atoms with E-state index in [1.807, 2.05) is 0 Å². The molecule has 160 valence electrons. The number of nitrogens with zero attached hydrogens (tertiary/aromatic N) is 2. The molecule has 1 aliphatic heterocycles. The molecule has 4 rings (SSSR count). The monoisotopic (exact) mass is 439 g/mol. The first-order valence-corrected chi connectivity index (χ1v) is 11.2. The van der Waals surface area contributed by atoms with Gasteiger partial charge >= 0.3 is 0 Å². The first-order chi connectivity index (χ1) is 14.9. The van der Waals surface area contributed by atoms with Crippen LogP contribution in [0.5, 0.6) is 0 Å². The van der Waals surface area contributed by atoms with Gasteiger partial charge in [-0.05, 0) is 36.4 Å². The molecule has 2 heterocycles. The molecule has 31 heavy (non-hydrogen) atoms. The van der Waals surface area contributed by atoms with Gasteiger partial charge in [0.15, 0.2) is 0 Å². The van der Waals surface area contributed by atoms with Crippen molar-refractivity contribution in [1.29, 1.82) is 0 Å². The lowest BCUT2D eigenvalue weighted by Gasteiger charge is -2.34. The number of anilines is 1. The Balaban J connectivity index is 1.41. The smallest absolute Gasteiger partial charge is 0.261 e. The molecular weight excluding hydrogens is 418 g/mol. The van der Waals surface area contributed by atoms with Crippen LogP contribution in [0.3, 0.4) is 0 Å². The second-order valence-electron chi connectivity index (χ2n) is 7.10. The van der Waals surface area contributed by atoms with E-state index in [1.54, 1.807) is 52.3 Å². The molecule has 0 bridgehead atoms. The van der Waals surface area contributed by atoms with Crippen LogP contribution in [0.2, 0.25) is 0 Å². The van der Waals surface area contributed by atoms with Crippen molar-refractivity contribution in [2.24, 2.45) is 0 Å². The van der Waals surface area contributed by atoms with Crippen molar-refractivity contribution in [1.82, 2.24) is 9.80 Å². The van der Waals surface area contributed by atoms with Gasteiger partial charge in [-0.1, -0.05) is 24.3 Å². The van der Waals surface area contributed by atoms with Crippen LogP contribution in [-0.2, 0) is 10.0 Å². The summed E-state index contributed by atoms with van der Waals surface area (Å²) >= 11 is 0. The lowest BCUT2D eigenvalue weighted by Crippen LogP contribution is -2.50. The number of benzene rings is 2. The Kier molecular flexibility index (Phi) is 5.77. The minimum Gasteiger partial charge on any atom is -0.472 e. The maximum absolute atomic E-state index is 12.9. The van der Waals surface area contributed by atoms with E-state index in [2.05, 4.69) is 4.72 Å². The van der Waals surface area contributed by atoms with Gasteiger partial charge in [0.05, 0.1) is 16.7 Å². The van der Waals surface area contributed by atoms with Crippen LogP contribution in [0.15, 0.2) is 82.5 Å². The maximum atomic E-state index is 12.9. The van der Waals surface area contributed by atoms with E-state index >= 15 is 0 Å². The van der Waals surface area contributed by atoms with E-state index in [9.17, 15) is 18.0 Å². The summed E-state index contributed by atoms with van der Waals surface area (Å²) in [7, 11) is -3.75. The molecule has 1 N–H and O–H groups in total. The summed E-state index contributed by atoms with van der Waals surface area (Å²) in [6.07, 6.45) is 2.86. The third kappa shape index (κ3) is 4.61. The molecule has 9 heteroatoms. The lowest BCUT2D eigenvalue weighted by molar-refractivity contribution is 0.0535. The molecule has 2 amide bonds. The predicted molar refractivity (Wildman–Crippen MR) is 114 cm³/mol. The summed E-state index contributed by atoms with van der Waals surface area (Å²) in [5.41, 5.74) is 1.17. The average Bonchev–Trinajstić information content (AvgIpc) is 3.34. The molecule has 1 aliphatic rings. The molecule has 8 nitrogen and oxygen atoms in total. The summed E-state index contributed by atoms with van der Waals surface area (Å²) in [6, 6.07) is 16.0. The first-order valence-electron chi connectivity index (χ1n) is 9.73. The molecule has 0 unspecified atom stereocenters. The highest BCUT2D eigenvalue weighted by Gasteiger charge is 2.26. The molecule has 1 fully saturated rings. The average molecular weight is 439 g/mol.